The minimum Gasteiger partial charge on any atom is -0.392 e. The lowest BCUT2D eigenvalue weighted by atomic mass is 9.95. The monoisotopic (exact) mass is 288 g/mol. The lowest BCUT2D eigenvalue weighted by Crippen LogP contribution is -2.48. The first kappa shape index (κ1) is 16.0. The van der Waals surface area contributed by atoms with Crippen molar-refractivity contribution in [1.82, 2.24) is 4.90 Å². The van der Waals surface area contributed by atoms with Crippen LogP contribution in [0.5, 0.6) is 0 Å². The van der Waals surface area contributed by atoms with Crippen molar-refractivity contribution in [2.24, 2.45) is 0 Å². The molecule has 0 aromatic heterocycles. The molecule has 114 valence electrons. The smallest absolute Gasteiger partial charge is 0.0991 e. The molecule has 1 aromatic carbocycles. The van der Waals surface area contributed by atoms with Gasteiger partial charge in [-0.15, -0.1) is 0 Å². The summed E-state index contributed by atoms with van der Waals surface area (Å²) in [4.78, 5) is 2.21. The molecule has 0 amide bonds. The van der Waals surface area contributed by atoms with Gasteiger partial charge in [0.2, 0.25) is 0 Å². The Labute approximate surface area is 126 Å². The maximum absolute atomic E-state index is 10.4. The Bertz CT molecular complexity index is 481. The summed E-state index contributed by atoms with van der Waals surface area (Å²) in [6, 6.07) is 9.30. The number of aliphatic hydroxyl groups is 2. The molecular formula is C17H24N2O2. The maximum Gasteiger partial charge on any atom is 0.0991 e. The topological polar surface area (TPSA) is 67.5 Å². The fourth-order valence-corrected chi connectivity index (χ4v) is 3.06. The van der Waals surface area contributed by atoms with Crippen molar-refractivity contribution >= 4 is 0 Å². The average Bonchev–Trinajstić information content (AvgIpc) is 2.54. The number of rotatable bonds is 5. The first-order valence-corrected chi connectivity index (χ1v) is 7.76. The molecule has 1 aromatic rings. The van der Waals surface area contributed by atoms with Crippen LogP contribution in [0.1, 0.15) is 49.8 Å². The number of aliphatic hydroxyl groups excluding tert-OH is 2. The first-order valence-electron chi connectivity index (χ1n) is 7.76. The summed E-state index contributed by atoms with van der Waals surface area (Å²) in [5.41, 5.74) is 1.42. The molecule has 4 nitrogen and oxygen atoms in total. The SMILES string of the molecule is CCC(O)C1CCCCN1CC(O)c1ccc(C#N)cc1. The lowest BCUT2D eigenvalue weighted by molar-refractivity contribution is -0.00120. The largest absolute Gasteiger partial charge is 0.392 e. The molecule has 0 saturated carbocycles. The van der Waals surface area contributed by atoms with E-state index in [0.717, 1.165) is 37.8 Å². The van der Waals surface area contributed by atoms with E-state index in [1.54, 1.807) is 24.3 Å². The van der Waals surface area contributed by atoms with Gasteiger partial charge in [-0.3, -0.25) is 4.90 Å². The van der Waals surface area contributed by atoms with E-state index in [2.05, 4.69) is 11.0 Å². The molecule has 0 radical (unpaired) electrons. The molecular weight excluding hydrogens is 264 g/mol. The van der Waals surface area contributed by atoms with E-state index >= 15 is 0 Å². The molecule has 1 heterocycles. The summed E-state index contributed by atoms with van der Waals surface area (Å²) in [7, 11) is 0. The van der Waals surface area contributed by atoms with Gasteiger partial charge in [-0.1, -0.05) is 25.5 Å². The lowest BCUT2D eigenvalue weighted by Gasteiger charge is -2.39. The van der Waals surface area contributed by atoms with Crippen LogP contribution in [0.15, 0.2) is 24.3 Å². The number of piperidine rings is 1. The summed E-state index contributed by atoms with van der Waals surface area (Å²) < 4.78 is 0. The zero-order valence-corrected chi connectivity index (χ0v) is 12.6. The second-order valence-electron chi connectivity index (χ2n) is 5.78. The molecule has 2 rings (SSSR count). The van der Waals surface area contributed by atoms with Crippen molar-refractivity contribution < 1.29 is 10.2 Å². The normalized spacial score (nSPS) is 22.5. The molecule has 0 spiro atoms. The van der Waals surface area contributed by atoms with Crippen LogP contribution in [0.4, 0.5) is 0 Å². The molecule has 0 bridgehead atoms. The van der Waals surface area contributed by atoms with Crippen molar-refractivity contribution in [3.05, 3.63) is 35.4 Å². The van der Waals surface area contributed by atoms with Gasteiger partial charge in [0.25, 0.3) is 0 Å². The van der Waals surface area contributed by atoms with E-state index in [0.29, 0.717) is 12.1 Å². The van der Waals surface area contributed by atoms with Gasteiger partial charge in [-0.2, -0.15) is 5.26 Å². The number of hydrogen-bond donors (Lipinski definition) is 2. The van der Waals surface area contributed by atoms with Crippen molar-refractivity contribution in [1.29, 1.82) is 5.26 Å². The minimum atomic E-state index is -0.581. The zero-order chi connectivity index (χ0) is 15.2. The number of β-amino-alcohol motifs (C(OH)–C–C–N with tert-alkyl or cyclic N) is 1. The number of benzene rings is 1. The molecule has 21 heavy (non-hydrogen) atoms. The van der Waals surface area contributed by atoms with Crippen LogP contribution in [0.3, 0.4) is 0 Å². The minimum absolute atomic E-state index is 0.150. The zero-order valence-electron chi connectivity index (χ0n) is 12.6. The van der Waals surface area contributed by atoms with Crippen LogP contribution in [0.25, 0.3) is 0 Å². The predicted octanol–water partition coefficient (Wildman–Crippen LogP) is 2.22. The Balaban J connectivity index is 2.02. The third-order valence-corrected chi connectivity index (χ3v) is 4.36. The van der Waals surface area contributed by atoms with E-state index in [4.69, 9.17) is 5.26 Å². The van der Waals surface area contributed by atoms with Crippen molar-refractivity contribution in [3.63, 3.8) is 0 Å². The van der Waals surface area contributed by atoms with Crippen LogP contribution in [-0.4, -0.2) is 40.3 Å². The summed E-state index contributed by atoms with van der Waals surface area (Å²) in [6.45, 7) is 3.46. The number of hydrogen-bond acceptors (Lipinski definition) is 4. The van der Waals surface area contributed by atoms with Gasteiger partial charge in [-0.25, -0.2) is 0 Å². The second kappa shape index (κ2) is 7.56. The Morgan fingerprint density at radius 2 is 2.00 bits per heavy atom. The molecule has 1 aliphatic rings. The fraction of sp³-hybridized carbons (Fsp3) is 0.588. The van der Waals surface area contributed by atoms with Gasteiger partial charge in [0.1, 0.15) is 0 Å². The van der Waals surface area contributed by atoms with E-state index in [1.807, 2.05) is 6.92 Å². The van der Waals surface area contributed by atoms with E-state index in [-0.39, 0.29) is 12.1 Å². The second-order valence-corrected chi connectivity index (χ2v) is 5.78. The van der Waals surface area contributed by atoms with Gasteiger partial charge < -0.3 is 10.2 Å². The number of nitriles is 1. The van der Waals surface area contributed by atoms with Crippen LogP contribution >= 0.6 is 0 Å². The first-order chi connectivity index (χ1) is 10.2. The Morgan fingerprint density at radius 1 is 1.29 bits per heavy atom. The highest BCUT2D eigenvalue weighted by Gasteiger charge is 2.29. The molecule has 1 aliphatic heterocycles. The van der Waals surface area contributed by atoms with Gasteiger partial charge in [-0.05, 0) is 43.5 Å². The molecule has 3 atom stereocenters. The Morgan fingerprint density at radius 3 is 2.62 bits per heavy atom. The Hall–Kier alpha value is -1.41. The number of likely N-dealkylation sites (tertiary alicyclic amines) is 1. The molecule has 4 heteroatoms. The van der Waals surface area contributed by atoms with E-state index < -0.39 is 6.10 Å². The maximum atomic E-state index is 10.4. The van der Waals surface area contributed by atoms with Crippen LogP contribution in [0.2, 0.25) is 0 Å². The van der Waals surface area contributed by atoms with Crippen LogP contribution in [-0.2, 0) is 0 Å². The molecule has 2 N–H and O–H groups in total. The standard InChI is InChI=1S/C17H24N2O2/c1-2-16(20)15-5-3-4-10-19(15)12-17(21)14-8-6-13(11-18)7-9-14/h6-9,15-17,20-21H,2-5,10,12H2,1H3. The third kappa shape index (κ3) is 4.04. The van der Waals surface area contributed by atoms with Crippen LogP contribution < -0.4 is 0 Å². The highest BCUT2D eigenvalue weighted by molar-refractivity contribution is 5.32. The van der Waals surface area contributed by atoms with Crippen LogP contribution in [0, 0.1) is 11.3 Å². The van der Waals surface area contributed by atoms with Crippen molar-refractivity contribution in [2.45, 2.75) is 50.9 Å². The molecule has 1 fully saturated rings. The van der Waals surface area contributed by atoms with E-state index in [1.165, 1.54) is 0 Å². The summed E-state index contributed by atoms with van der Waals surface area (Å²) in [5.74, 6) is 0. The predicted molar refractivity (Wildman–Crippen MR) is 81.6 cm³/mol. The van der Waals surface area contributed by atoms with Crippen molar-refractivity contribution in [2.75, 3.05) is 13.1 Å². The third-order valence-electron chi connectivity index (χ3n) is 4.36. The highest BCUT2D eigenvalue weighted by atomic mass is 16.3. The Kier molecular flexibility index (Phi) is 5.75. The summed E-state index contributed by atoms with van der Waals surface area (Å²) in [6.07, 6.45) is 3.10. The van der Waals surface area contributed by atoms with Gasteiger partial charge >= 0.3 is 0 Å². The van der Waals surface area contributed by atoms with Gasteiger partial charge in [0, 0.05) is 12.6 Å². The van der Waals surface area contributed by atoms with Gasteiger partial charge in [0.05, 0.1) is 23.8 Å². The molecule has 3 unspecified atom stereocenters. The molecule has 0 aliphatic carbocycles. The molecule has 1 saturated heterocycles. The summed E-state index contributed by atoms with van der Waals surface area (Å²) in [5, 5.41) is 29.4. The van der Waals surface area contributed by atoms with Gasteiger partial charge in [0.15, 0.2) is 0 Å². The van der Waals surface area contributed by atoms with Crippen molar-refractivity contribution in [3.8, 4) is 6.07 Å². The summed E-state index contributed by atoms with van der Waals surface area (Å²) >= 11 is 0. The fourth-order valence-electron chi connectivity index (χ4n) is 3.06. The number of nitrogens with zero attached hydrogens (tertiary/aromatic N) is 2. The average molecular weight is 288 g/mol. The van der Waals surface area contributed by atoms with E-state index in [9.17, 15) is 10.2 Å². The quantitative estimate of drug-likeness (QED) is 0.872. The highest BCUT2D eigenvalue weighted by Crippen LogP contribution is 2.24.